The maximum atomic E-state index is 5.70. The summed E-state index contributed by atoms with van der Waals surface area (Å²) in [6, 6.07) is 0.919. The number of nitrogens with two attached hydrogens (primary N) is 1. The summed E-state index contributed by atoms with van der Waals surface area (Å²) in [5.41, 5.74) is 6.34. The molecule has 2 rings (SSSR count). The largest absolute Gasteiger partial charge is 0.330 e. The van der Waals surface area contributed by atoms with Crippen LogP contribution in [0.5, 0.6) is 0 Å². The minimum Gasteiger partial charge on any atom is -0.330 e. The molecule has 0 amide bonds. The lowest BCUT2D eigenvalue weighted by Gasteiger charge is -2.28. The van der Waals surface area contributed by atoms with E-state index in [-0.39, 0.29) is 0 Å². The first kappa shape index (κ1) is 11.4. The van der Waals surface area contributed by atoms with Gasteiger partial charge in [0.05, 0.1) is 0 Å². The van der Waals surface area contributed by atoms with Crippen LogP contribution < -0.4 is 5.73 Å². The van der Waals surface area contributed by atoms with Crippen molar-refractivity contribution in [3.63, 3.8) is 0 Å². The van der Waals surface area contributed by atoms with Gasteiger partial charge in [-0.15, -0.1) is 0 Å². The zero-order chi connectivity index (χ0) is 10.9. The van der Waals surface area contributed by atoms with Gasteiger partial charge in [-0.1, -0.05) is 13.8 Å². The zero-order valence-electron chi connectivity index (χ0n) is 10.3. The van der Waals surface area contributed by atoms with E-state index in [1.54, 1.807) is 0 Å². The van der Waals surface area contributed by atoms with Crippen LogP contribution in [-0.2, 0) is 0 Å². The highest BCUT2D eigenvalue weighted by Gasteiger charge is 2.45. The monoisotopic (exact) mass is 210 g/mol. The van der Waals surface area contributed by atoms with Gasteiger partial charge in [-0.3, -0.25) is 4.90 Å². The van der Waals surface area contributed by atoms with Gasteiger partial charge in [0.1, 0.15) is 0 Å². The van der Waals surface area contributed by atoms with Crippen LogP contribution in [0, 0.1) is 11.3 Å². The van der Waals surface area contributed by atoms with Gasteiger partial charge in [0, 0.05) is 19.1 Å². The van der Waals surface area contributed by atoms with Gasteiger partial charge in [0.15, 0.2) is 0 Å². The summed E-state index contributed by atoms with van der Waals surface area (Å²) >= 11 is 0. The Morgan fingerprint density at radius 3 is 2.40 bits per heavy atom. The molecule has 0 atom stereocenters. The Morgan fingerprint density at radius 2 is 2.00 bits per heavy atom. The van der Waals surface area contributed by atoms with Gasteiger partial charge < -0.3 is 5.73 Å². The third-order valence-electron chi connectivity index (χ3n) is 3.83. The van der Waals surface area contributed by atoms with Gasteiger partial charge in [-0.2, -0.15) is 0 Å². The van der Waals surface area contributed by atoms with Crippen LogP contribution in [0.2, 0.25) is 0 Å². The molecule has 0 heterocycles. The second-order valence-corrected chi connectivity index (χ2v) is 6.09. The van der Waals surface area contributed by atoms with E-state index in [9.17, 15) is 0 Å². The molecular weight excluding hydrogens is 184 g/mol. The number of hydrogen-bond acceptors (Lipinski definition) is 2. The summed E-state index contributed by atoms with van der Waals surface area (Å²) in [4.78, 5) is 2.74. The fourth-order valence-electron chi connectivity index (χ4n) is 2.65. The molecule has 2 saturated carbocycles. The third-order valence-corrected chi connectivity index (χ3v) is 3.83. The molecule has 88 valence electrons. The van der Waals surface area contributed by atoms with E-state index in [1.807, 2.05) is 0 Å². The van der Waals surface area contributed by atoms with Crippen LogP contribution >= 0.6 is 0 Å². The summed E-state index contributed by atoms with van der Waals surface area (Å²) in [6.07, 6.45) is 6.96. The second kappa shape index (κ2) is 4.42. The fourth-order valence-corrected chi connectivity index (χ4v) is 2.65. The van der Waals surface area contributed by atoms with Gasteiger partial charge in [0.2, 0.25) is 0 Å². The predicted molar refractivity (Wildman–Crippen MR) is 64.8 cm³/mol. The Hall–Kier alpha value is -0.0800. The van der Waals surface area contributed by atoms with E-state index in [0.29, 0.717) is 5.41 Å². The molecular formula is C13H26N2. The Balaban J connectivity index is 1.83. The minimum absolute atomic E-state index is 0.631. The molecule has 2 fully saturated rings. The normalized spacial score (nSPS) is 23.8. The summed E-state index contributed by atoms with van der Waals surface area (Å²) in [5.74, 6) is 0.805. The molecule has 2 nitrogen and oxygen atoms in total. The van der Waals surface area contributed by atoms with Gasteiger partial charge >= 0.3 is 0 Å². The zero-order valence-corrected chi connectivity index (χ0v) is 10.3. The van der Waals surface area contributed by atoms with Crippen molar-refractivity contribution in [2.45, 2.75) is 52.0 Å². The molecule has 0 radical (unpaired) electrons. The standard InChI is InChI=1S/C13H26N2/c1-11(2)9-15(12-3-4-12)10-13(5-6-13)7-8-14/h11-12H,3-10,14H2,1-2H3. The first-order chi connectivity index (χ1) is 7.15. The van der Waals surface area contributed by atoms with Crippen molar-refractivity contribution in [1.82, 2.24) is 4.90 Å². The average molecular weight is 210 g/mol. The lowest BCUT2D eigenvalue weighted by Crippen LogP contribution is -2.36. The molecule has 0 unspecified atom stereocenters. The molecule has 0 bridgehead atoms. The lowest BCUT2D eigenvalue weighted by molar-refractivity contribution is 0.184. The van der Waals surface area contributed by atoms with Crippen LogP contribution in [0.15, 0.2) is 0 Å². The van der Waals surface area contributed by atoms with Gasteiger partial charge in [-0.25, -0.2) is 0 Å². The van der Waals surface area contributed by atoms with Crippen molar-refractivity contribution >= 4 is 0 Å². The molecule has 0 spiro atoms. The smallest absolute Gasteiger partial charge is 0.00967 e. The SMILES string of the molecule is CC(C)CN(CC1(CCN)CC1)C1CC1. The van der Waals surface area contributed by atoms with Crippen LogP contribution in [-0.4, -0.2) is 30.6 Å². The maximum Gasteiger partial charge on any atom is 0.00967 e. The molecule has 2 aliphatic rings. The number of hydrogen-bond donors (Lipinski definition) is 1. The topological polar surface area (TPSA) is 29.3 Å². The summed E-state index contributed by atoms with van der Waals surface area (Å²) in [7, 11) is 0. The number of nitrogens with zero attached hydrogens (tertiary/aromatic N) is 1. The van der Waals surface area contributed by atoms with Crippen LogP contribution in [0.25, 0.3) is 0 Å². The average Bonchev–Trinajstić information content (AvgIpc) is 2.96. The molecule has 15 heavy (non-hydrogen) atoms. The van der Waals surface area contributed by atoms with Crippen molar-refractivity contribution in [2.24, 2.45) is 17.1 Å². The highest BCUT2D eigenvalue weighted by Crippen LogP contribution is 2.50. The first-order valence-electron chi connectivity index (χ1n) is 6.59. The second-order valence-electron chi connectivity index (χ2n) is 6.09. The summed E-state index contributed by atoms with van der Waals surface area (Å²) < 4.78 is 0. The van der Waals surface area contributed by atoms with Crippen molar-refractivity contribution in [2.75, 3.05) is 19.6 Å². The van der Waals surface area contributed by atoms with Crippen molar-refractivity contribution in [3.8, 4) is 0 Å². The molecule has 0 aromatic carbocycles. The van der Waals surface area contributed by atoms with Crippen LogP contribution in [0.1, 0.15) is 46.0 Å². The van der Waals surface area contributed by atoms with Crippen molar-refractivity contribution < 1.29 is 0 Å². The summed E-state index contributed by atoms with van der Waals surface area (Å²) in [6.45, 7) is 8.15. The van der Waals surface area contributed by atoms with E-state index in [4.69, 9.17) is 5.73 Å². The van der Waals surface area contributed by atoms with Gasteiger partial charge in [-0.05, 0) is 50.0 Å². The Bertz CT molecular complexity index is 205. The van der Waals surface area contributed by atoms with E-state index in [2.05, 4.69) is 18.7 Å². The summed E-state index contributed by atoms with van der Waals surface area (Å²) in [5, 5.41) is 0. The van der Waals surface area contributed by atoms with Crippen LogP contribution in [0.4, 0.5) is 0 Å². The molecule has 2 heteroatoms. The van der Waals surface area contributed by atoms with Crippen LogP contribution in [0.3, 0.4) is 0 Å². The van der Waals surface area contributed by atoms with E-state index >= 15 is 0 Å². The van der Waals surface area contributed by atoms with E-state index in [1.165, 1.54) is 45.2 Å². The van der Waals surface area contributed by atoms with E-state index < -0.39 is 0 Å². The molecule has 2 aliphatic carbocycles. The lowest BCUT2D eigenvalue weighted by atomic mass is 10.0. The Labute approximate surface area is 94.2 Å². The van der Waals surface area contributed by atoms with E-state index in [0.717, 1.165) is 18.5 Å². The molecule has 0 aromatic rings. The predicted octanol–water partition coefficient (Wildman–Crippen LogP) is 2.24. The molecule has 0 aromatic heterocycles. The third kappa shape index (κ3) is 3.18. The first-order valence-corrected chi connectivity index (χ1v) is 6.59. The fraction of sp³-hybridized carbons (Fsp3) is 1.00. The highest BCUT2D eigenvalue weighted by molar-refractivity contribution is 4.98. The molecule has 2 N–H and O–H groups in total. The Morgan fingerprint density at radius 1 is 1.33 bits per heavy atom. The number of rotatable bonds is 7. The van der Waals surface area contributed by atoms with Crippen molar-refractivity contribution in [3.05, 3.63) is 0 Å². The highest BCUT2D eigenvalue weighted by atomic mass is 15.2. The molecule has 0 saturated heterocycles. The van der Waals surface area contributed by atoms with Gasteiger partial charge in [0.25, 0.3) is 0 Å². The van der Waals surface area contributed by atoms with Crippen molar-refractivity contribution in [1.29, 1.82) is 0 Å². The molecule has 0 aliphatic heterocycles. The minimum atomic E-state index is 0.631. The quantitative estimate of drug-likeness (QED) is 0.698. The maximum absolute atomic E-state index is 5.70. The Kier molecular flexibility index (Phi) is 3.36.